The van der Waals surface area contributed by atoms with Crippen molar-refractivity contribution in [3.05, 3.63) is 70.2 Å². The van der Waals surface area contributed by atoms with Crippen LogP contribution in [0.1, 0.15) is 30.1 Å². The summed E-state index contributed by atoms with van der Waals surface area (Å²) in [5.74, 6) is 1.30. The molecule has 0 amide bonds. The Balaban J connectivity index is 1.73. The zero-order valence-electron chi connectivity index (χ0n) is 17.5. The van der Waals surface area contributed by atoms with E-state index in [4.69, 9.17) is 9.47 Å². The Hall–Kier alpha value is -2.42. The highest BCUT2D eigenvalue weighted by molar-refractivity contribution is 7.89. The maximum Gasteiger partial charge on any atom is 0.243 e. The monoisotopic (exact) mass is 446 g/mol. The van der Waals surface area contributed by atoms with Gasteiger partial charge in [-0.1, -0.05) is 29.8 Å². The van der Waals surface area contributed by atoms with E-state index in [0.717, 1.165) is 10.6 Å². The van der Waals surface area contributed by atoms with E-state index in [1.54, 1.807) is 19.2 Å². The first kappa shape index (κ1) is 22.3. The van der Waals surface area contributed by atoms with E-state index in [-0.39, 0.29) is 24.1 Å². The van der Waals surface area contributed by atoms with Gasteiger partial charge in [0.05, 0.1) is 24.2 Å². The number of hydrogen-bond donors (Lipinski definition) is 0. The summed E-state index contributed by atoms with van der Waals surface area (Å²) in [6.07, 6.45) is 0. The molecule has 3 rings (SSSR count). The van der Waals surface area contributed by atoms with Crippen LogP contribution < -0.4 is 9.47 Å². The Kier molecular flexibility index (Phi) is 7.12. The van der Waals surface area contributed by atoms with Crippen LogP contribution >= 0.6 is 11.3 Å². The number of aromatic nitrogens is 1. The van der Waals surface area contributed by atoms with Gasteiger partial charge in [-0.3, -0.25) is 0 Å². The Labute approximate surface area is 182 Å². The minimum Gasteiger partial charge on any atom is -0.493 e. The molecule has 1 heterocycles. The fourth-order valence-corrected chi connectivity index (χ4v) is 5.22. The van der Waals surface area contributed by atoms with Crippen LogP contribution in [0, 0.1) is 6.92 Å². The first-order valence-corrected chi connectivity index (χ1v) is 11.9. The second-order valence-electron chi connectivity index (χ2n) is 7.13. The highest BCUT2D eigenvalue weighted by atomic mass is 32.2. The van der Waals surface area contributed by atoms with Gasteiger partial charge in [0.15, 0.2) is 11.5 Å². The van der Waals surface area contributed by atoms with Gasteiger partial charge in [0.1, 0.15) is 11.6 Å². The summed E-state index contributed by atoms with van der Waals surface area (Å²) in [6, 6.07) is 14.1. The molecule has 0 aliphatic heterocycles. The number of methoxy groups -OCH3 is 1. The molecule has 160 valence electrons. The second kappa shape index (κ2) is 9.59. The van der Waals surface area contributed by atoms with Gasteiger partial charge in [0.2, 0.25) is 10.0 Å². The van der Waals surface area contributed by atoms with Gasteiger partial charge in [-0.05, 0) is 45.0 Å². The number of thiazole rings is 1. The standard InChI is InChI=1S/C22H26N2O4S2/c1-16(2)24(30(25,26)19-11-9-17(3)10-12-19)13-18-15-29-22(23-18)14-28-21-8-6-5-7-20(21)27-4/h5-12,15-16H,13-14H2,1-4H3. The molecule has 6 nitrogen and oxygen atoms in total. The van der Waals surface area contributed by atoms with E-state index >= 15 is 0 Å². The fraction of sp³-hybridized carbons (Fsp3) is 0.318. The average molecular weight is 447 g/mol. The van der Waals surface area contributed by atoms with Gasteiger partial charge in [0, 0.05) is 11.4 Å². The van der Waals surface area contributed by atoms with Crippen molar-refractivity contribution in [1.29, 1.82) is 0 Å². The van der Waals surface area contributed by atoms with E-state index in [2.05, 4.69) is 4.98 Å². The summed E-state index contributed by atoms with van der Waals surface area (Å²) in [7, 11) is -2.02. The Morgan fingerprint density at radius 3 is 2.37 bits per heavy atom. The molecule has 0 fully saturated rings. The lowest BCUT2D eigenvalue weighted by atomic mass is 10.2. The van der Waals surface area contributed by atoms with E-state index in [1.165, 1.54) is 15.6 Å². The molecule has 0 aliphatic rings. The molecule has 0 spiro atoms. The highest BCUT2D eigenvalue weighted by Crippen LogP contribution is 2.27. The summed E-state index contributed by atoms with van der Waals surface area (Å²) in [5.41, 5.74) is 1.72. The minimum absolute atomic E-state index is 0.203. The maximum absolute atomic E-state index is 13.1. The molecule has 0 unspecified atom stereocenters. The molecular formula is C22H26N2O4S2. The highest BCUT2D eigenvalue weighted by Gasteiger charge is 2.28. The normalized spacial score (nSPS) is 11.8. The fourth-order valence-electron chi connectivity index (χ4n) is 2.92. The molecule has 0 N–H and O–H groups in total. The van der Waals surface area contributed by atoms with Gasteiger partial charge in [-0.25, -0.2) is 13.4 Å². The number of ether oxygens (including phenoxy) is 2. The molecule has 0 bridgehead atoms. The SMILES string of the molecule is COc1ccccc1OCc1nc(CN(C(C)C)S(=O)(=O)c2ccc(C)cc2)cs1. The lowest BCUT2D eigenvalue weighted by molar-refractivity contribution is 0.283. The van der Waals surface area contributed by atoms with Crippen molar-refractivity contribution >= 4 is 21.4 Å². The Morgan fingerprint density at radius 2 is 1.73 bits per heavy atom. The molecule has 0 saturated carbocycles. The molecule has 0 aliphatic carbocycles. The number of aryl methyl sites for hydroxylation is 1. The van der Waals surface area contributed by atoms with E-state index in [1.807, 2.05) is 62.5 Å². The van der Waals surface area contributed by atoms with Crippen LogP contribution in [0.2, 0.25) is 0 Å². The molecule has 3 aromatic rings. The predicted molar refractivity (Wildman–Crippen MR) is 118 cm³/mol. The summed E-state index contributed by atoms with van der Waals surface area (Å²) < 4.78 is 38.9. The molecule has 2 aromatic carbocycles. The van der Waals surface area contributed by atoms with E-state index < -0.39 is 10.0 Å². The first-order chi connectivity index (χ1) is 14.3. The third kappa shape index (κ3) is 5.19. The quantitative estimate of drug-likeness (QED) is 0.479. The molecule has 0 saturated heterocycles. The number of sulfonamides is 1. The Morgan fingerprint density at radius 1 is 1.07 bits per heavy atom. The third-order valence-corrected chi connectivity index (χ3v) is 7.45. The molecule has 8 heteroatoms. The van der Waals surface area contributed by atoms with Crippen molar-refractivity contribution in [2.75, 3.05) is 7.11 Å². The number of rotatable bonds is 9. The summed E-state index contributed by atoms with van der Waals surface area (Å²) in [6.45, 7) is 6.16. The first-order valence-electron chi connectivity index (χ1n) is 9.59. The average Bonchev–Trinajstić information content (AvgIpc) is 3.18. The second-order valence-corrected chi connectivity index (χ2v) is 9.96. The van der Waals surface area contributed by atoms with Crippen LogP contribution in [0.5, 0.6) is 11.5 Å². The third-order valence-electron chi connectivity index (χ3n) is 4.54. The minimum atomic E-state index is -3.62. The summed E-state index contributed by atoms with van der Waals surface area (Å²) >= 11 is 1.45. The number of benzene rings is 2. The molecule has 0 radical (unpaired) electrons. The van der Waals surface area contributed by atoms with Gasteiger partial charge in [0.25, 0.3) is 0 Å². The number of nitrogens with zero attached hydrogens (tertiary/aromatic N) is 2. The maximum atomic E-state index is 13.1. The van der Waals surface area contributed by atoms with Crippen LogP contribution in [-0.4, -0.2) is 30.9 Å². The van der Waals surface area contributed by atoms with Crippen LogP contribution in [0.3, 0.4) is 0 Å². The lowest BCUT2D eigenvalue weighted by Crippen LogP contribution is -2.36. The van der Waals surface area contributed by atoms with Gasteiger partial charge >= 0.3 is 0 Å². The largest absolute Gasteiger partial charge is 0.493 e. The lowest BCUT2D eigenvalue weighted by Gasteiger charge is -2.25. The zero-order chi connectivity index (χ0) is 21.7. The van der Waals surface area contributed by atoms with Crippen LogP contribution in [0.25, 0.3) is 0 Å². The molecule has 1 aromatic heterocycles. The van der Waals surface area contributed by atoms with Gasteiger partial charge in [-0.15, -0.1) is 11.3 Å². The van der Waals surface area contributed by atoms with Crippen molar-refractivity contribution in [2.45, 2.75) is 44.9 Å². The number of hydrogen-bond acceptors (Lipinski definition) is 6. The van der Waals surface area contributed by atoms with Crippen LogP contribution in [0.15, 0.2) is 58.8 Å². The van der Waals surface area contributed by atoms with Gasteiger partial charge < -0.3 is 9.47 Å². The zero-order valence-corrected chi connectivity index (χ0v) is 19.2. The number of para-hydroxylation sites is 2. The van der Waals surface area contributed by atoms with Crippen LogP contribution in [0.4, 0.5) is 0 Å². The van der Waals surface area contributed by atoms with Crippen molar-refractivity contribution in [1.82, 2.24) is 9.29 Å². The van der Waals surface area contributed by atoms with Crippen molar-refractivity contribution < 1.29 is 17.9 Å². The van der Waals surface area contributed by atoms with Crippen molar-refractivity contribution in [3.8, 4) is 11.5 Å². The van der Waals surface area contributed by atoms with E-state index in [0.29, 0.717) is 17.2 Å². The van der Waals surface area contributed by atoms with Crippen LogP contribution in [-0.2, 0) is 23.2 Å². The topological polar surface area (TPSA) is 68.7 Å². The van der Waals surface area contributed by atoms with Crippen molar-refractivity contribution in [2.24, 2.45) is 0 Å². The van der Waals surface area contributed by atoms with E-state index in [9.17, 15) is 8.42 Å². The Bertz CT molecular complexity index is 1080. The molecule has 30 heavy (non-hydrogen) atoms. The molecular weight excluding hydrogens is 420 g/mol. The predicted octanol–water partition coefficient (Wildman–Crippen LogP) is 4.64. The van der Waals surface area contributed by atoms with Gasteiger partial charge in [-0.2, -0.15) is 4.31 Å². The smallest absolute Gasteiger partial charge is 0.243 e. The summed E-state index contributed by atoms with van der Waals surface area (Å²) in [5, 5.41) is 2.65. The summed E-state index contributed by atoms with van der Waals surface area (Å²) in [4.78, 5) is 4.86. The molecule has 0 atom stereocenters. The van der Waals surface area contributed by atoms with Crippen molar-refractivity contribution in [3.63, 3.8) is 0 Å².